The number of pyridine rings is 1. The average molecular weight is 266 g/mol. The molecule has 2 nitrogen and oxygen atoms in total. The zero-order valence-corrected chi connectivity index (χ0v) is 10.5. The second-order valence-electron chi connectivity index (χ2n) is 4.48. The lowest BCUT2D eigenvalue weighted by atomic mass is 10.0. The van der Waals surface area contributed by atoms with Gasteiger partial charge in [-0.05, 0) is 31.5 Å². The van der Waals surface area contributed by atoms with E-state index in [2.05, 4.69) is 4.98 Å². The van der Waals surface area contributed by atoms with Crippen LogP contribution in [-0.2, 0) is 6.18 Å². The van der Waals surface area contributed by atoms with Gasteiger partial charge in [0.2, 0.25) is 0 Å². The first-order chi connectivity index (χ1) is 8.77. The van der Waals surface area contributed by atoms with Crippen LogP contribution in [0.5, 0.6) is 0 Å². The topological polar surface area (TPSA) is 38.9 Å². The molecular formula is C14H13F3N2. The molecule has 0 radical (unpaired) electrons. The molecule has 1 aromatic carbocycles. The van der Waals surface area contributed by atoms with E-state index in [1.165, 1.54) is 0 Å². The van der Waals surface area contributed by atoms with Gasteiger partial charge >= 0.3 is 6.18 Å². The van der Waals surface area contributed by atoms with Crippen molar-refractivity contribution in [2.24, 2.45) is 0 Å². The Kier molecular flexibility index (Phi) is 3.22. The molecule has 2 N–H and O–H groups in total. The number of benzene rings is 1. The molecule has 0 atom stereocenters. The number of aromatic nitrogens is 1. The monoisotopic (exact) mass is 266 g/mol. The Morgan fingerprint density at radius 2 is 1.74 bits per heavy atom. The summed E-state index contributed by atoms with van der Waals surface area (Å²) < 4.78 is 38.2. The smallest absolute Gasteiger partial charge is 0.384 e. The number of halogens is 3. The summed E-state index contributed by atoms with van der Waals surface area (Å²) in [6.45, 7) is 3.76. The number of anilines is 1. The molecule has 2 rings (SSSR count). The Balaban J connectivity index is 2.59. The Morgan fingerprint density at radius 3 is 2.32 bits per heavy atom. The fourth-order valence-electron chi connectivity index (χ4n) is 1.95. The van der Waals surface area contributed by atoms with Gasteiger partial charge in [-0.15, -0.1) is 0 Å². The number of nitrogens with two attached hydrogens (primary N) is 1. The molecule has 1 heterocycles. The Hall–Kier alpha value is -2.04. The predicted molar refractivity (Wildman–Crippen MR) is 68.6 cm³/mol. The Bertz CT molecular complexity index is 619. The van der Waals surface area contributed by atoms with Gasteiger partial charge in [0.1, 0.15) is 5.82 Å². The van der Waals surface area contributed by atoms with Crippen molar-refractivity contribution in [2.75, 3.05) is 5.73 Å². The molecule has 0 saturated carbocycles. The molecule has 5 heteroatoms. The van der Waals surface area contributed by atoms with E-state index in [0.29, 0.717) is 5.56 Å². The number of aryl methyl sites for hydroxylation is 2. The Labute approximate surface area is 109 Å². The van der Waals surface area contributed by atoms with Crippen molar-refractivity contribution in [3.63, 3.8) is 0 Å². The molecular weight excluding hydrogens is 253 g/mol. The van der Waals surface area contributed by atoms with Crippen LogP contribution in [-0.4, -0.2) is 4.98 Å². The van der Waals surface area contributed by atoms with Crippen molar-refractivity contribution < 1.29 is 13.2 Å². The number of nitrogen functional groups attached to an aromatic ring is 1. The maximum absolute atomic E-state index is 12.7. The van der Waals surface area contributed by atoms with Crippen LogP contribution in [0.4, 0.5) is 19.0 Å². The number of hydrogen-bond acceptors (Lipinski definition) is 2. The molecule has 0 amide bonds. The molecule has 0 bridgehead atoms. The second kappa shape index (κ2) is 4.57. The van der Waals surface area contributed by atoms with Crippen LogP contribution < -0.4 is 5.73 Å². The highest BCUT2D eigenvalue weighted by atomic mass is 19.4. The average Bonchev–Trinajstić information content (AvgIpc) is 2.26. The van der Waals surface area contributed by atoms with Gasteiger partial charge < -0.3 is 5.73 Å². The van der Waals surface area contributed by atoms with Crippen LogP contribution in [0.25, 0.3) is 11.3 Å². The van der Waals surface area contributed by atoms with Gasteiger partial charge in [0.15, 0.2) is 0 Å². The summed E-state index contributed by atoms with van der Waals surface area (Å²) in [7, 11) is 0. The summed E-state index contributed by atoms with van der Waals surface area (Å²) in [4.78, 5) is 3.99. The summed E-state index contributed by atoms with van der Waals surface area (Å²) in [6.07, 6.45) is -4.43. The van der Waals surface area contributed by atoms with E-state index in [1.54, 1.807) is 6.07 Å². The van der Waals surface area contributed by atoms with Crippen LogP contribution in [0, 0.1) is 13.8 Å². The molecule has 0 aliphatic rings. The number of nitrogens with zero attached hydrogens (tertiary/aromatic N) is 1. The molecule has 0 unspecified atom stereocenters. The summed E-state index contributed by atoms with van der Waals surface area (Å²) in [6, 6.07) is 7.35. The minimum atomic E-state index is -4.43. The van der Waals surface area contributed by atoms with E-state index in [9.17, 15) is 13.2 Å². The molecule has 0 saturated heterocycles. The highest BCUT2D eigenvalue weighted by Crippen LogP contribution is 2.33. The zero-order valence-electron chi connectivity index (χ0n) is 10.5. The van der Waals surface area contributed by atoms with Crippen molar-refractivity contribution in [2.45, 2.75) is 20.0 Å². The largest absolute Gasteiger partial charge is 0.416 e. The maximum atomic E-state index is 12.7. The van der Waals surface area contributed by atoms with Gasteiger partial charge in [-0.25, -0.2) is 4.98 Å². The minimum absolute atomic E-state index is 0.134. The standard InChI is InChI=1S/C14H13F3N2/c1-8-3-4-11(9(2)5-8)12-6-10(14(15,16)17)7-13(18)19-12/h3-7H,1-2H3,(H2,18,19). The molecule has 100 valence electrons. The quantitative estimate of drug-likeness (QED) is 0.848. The minimum Gasteiger partial charge on any atom is -0.384 e. The first-order valence-corrected chi connectivity index (χ1v) is 5.70. The predicted octanol–water partition coefficient (Wildman–Crippen LogP) is 3.97. The number of rotatable bonds is 1. The van der Waals surface area contributed by atoms with Crippen molar-refractivity contribution >= 4 is 5.82 Å². The molecule has 0 aliphatic carbocycles. The van der Waals surface area contributed by atoms with Crippen molar-refractivity contribution in [1.82, 2.24) is 4.98 Å². The first-order valence-electron chi connectivity index (χ1n) is 5.70. The van der Waals surface area contributed by atoms with Gasteiger partial charge in [0, 0.05) is 5.56 Å². The van der Waals surface area contributed by atoms with E-state index in [0.717, 1.165) is 23.3 Å². The third-order valence-electron chi connectivity index (χ3n) is 2.83. The fourth-order valence-corrected chi connectivity index (χ4v) is 1.95. The summed E-state index contributed by atoms with van der Waals surface area (Å²) >= 11 is 0. The van der Waals surface area contributed by atoms with Gasteiger partial charge in [-0.1, -0.05) is 23.8 Å². The van der Waals surface area contributed by atoms with E-state index >= 15 is 0 Å². The van der Waals surface area contributed by atoms with E-state index in [-0.39, 0.29) is 11.5 Å². The molecule has 1 aromatic heterocycles. The molecule has 0 spiro atoms. The first kappa shape index (κ1) is 13.4. The van der Waals surface area contributed by atoms with Gasteiger partial charge in [-0.3, -0.25) is 0 Å². The van der Waals surface area contributed by atoms with Crippen LogP contribution in [0.1, 0.15) is 16.7 Å². The van der Waals surface area contributed by atoms with Gasteiger partial charge in [0.05, 0.1) is 11.3 Å². The summed E-state index contributed by atoms with van der Waals surface area (Å²) in [5.41, 5.74) is 7.49. The van der Waals surface area contributed by atoms with Crippen molar-refractivity contribution in [3.05, 3.63) is 47.0 Å². The maximum Gasteiger partial charge on any atom is 0.416 e. The van der Waals surface area contributed by atoms with Crippen LogP contribution in [0.2, 0.25) is 0 Å². The normalized spacial score (nSPS) is 11.6. The third kappa shape index (κ3) is 2.86. The fraction of sp³-hybridized carbons (Fsp3) is 0.214. The van der Waals surface area contributed by atoms with E-state index in [1.807, 2.05) is 26.0 Å². The van der Waals surface area contributed by atoms with Crippen molar-refractivity contribution in [3.8, 4) is 11.3 Å². The van der Waals surface area contributed by atoms with Gasteiger partial charge in [-0.2, -0.15) is 13.2 Å². The summed E-state index contributed by atoms with van der Waals surface area (Å²) in [5.74, 6) is -0.134. The van der Waals surface area contributed by atoms with Gasteiger partial charge in [0.25, 0.3) is 0 Å². The van der Waals surface area contributed by atoms with Crippen LogP contribution in [0.15, 0.2) is 30.3 Å². The Morgan fingerprint density at radius 1 is 1.05 bits per heavy atom. The van der Waals surface area contributed by atoms with E-state index < -0.39 is 11.7 Å². The molecule has 0 fully saturated rings. The highest BCUT2D eigenvalue weighted by Gasteiger charge is 2.31. The third-order valence-corrected chi connectivity index (χ3v) is 2.83. The van der Waals surface area contributed by atoms with Crippen molar-refractivity contribution in [1.29, 1.82) is 0 Å². The summed E-state index contributed by atoms with van der Waals surface area (Å²) in [5, 5.41) is 0. The lowest BCUT2D eigenvalue weighted by molar-refractivity contribution is -0.137. The zero-order chi connectivity index (χ0) is 14.2. The van der Waals surface area contributed by atoms with Crippen LogP contribution in [0.3, 0.4) is 0 Å². The lowest BCUT2D eigenvalue weighted by Gasteiger charge is -2.11. The molecule has 2 aromatic rings. The van der Waals surface area contributed by atoms with Crippen LogP contribution >= 0.6 is 0 Å². The van der Waals surface area contributed by atoms with E-state index in [4.69, 9.17) is 5.73 Å². The SMILES string of the molecule is Cc1ccc(-c2cc(C(F)(F)F)cc(N)n2)c(C)c1. The molecule has 19 heavy (non-hydrogen) atoms. The second-order valence-corrected chi connectivity index (χ2v) is 4.48. The highest BCUT2D eigenvalue weighted by molar-refractivity contribution is 5.66. The molecule has 0 aliphatic heterocycles. The number of alkyl halides is 3. The number of hydrogen-bond donors (Lipinski definition) is 1. The lowest BCUT2D eigenvalue weighted by Crippen LogP contribution is -2.07.